The maximum absolute atomic E-state index is 12.6. The number of hydrogen-bond acceptors (Lipinski definition) is 4. The van der Waals surface area contributed by atoms with Crippen molar-refractivity contribution in [3.63, 3.8) is 0 Å². The molecule has 0 saturated heterocycles. The number of carbonyl (C=O) groups is 3. The third kappa shape index (κ3) is 2.69. The first-order valence-corrected chi connectivity index (χ1v) is 7.75. The van der Waals surface area contributed by atoms with Crippen molar-refractivity contribution in [2.45, 2.75) is 19.8 Å². The molecule has 122 valence electrons. The van der Waals surface area contributed by atoms with Crippen LogP contribution >= 0.6 is 0 Å². The van der Waals surface area contributed by atoms with Crippen LogP contribution in [0.3, 0.4) is 0 Å². The molecule has 5 nitrogen and oxygen atoms in total. The summed E-state index contributed by atoms with van der Waals surface area (Å²) < 4.78 is 0. The van der Waals surface area contributed by atoms with Crippen molar-refractivity contribution < 1.29 is 19.2 Å². The predicted octanol–water partition coefficient (Wildman–Crippen LogP) is 3.18. The average Bonchev–Trinajstić information content (AvgIpc) is 2.81. The Morgan fingerprint density at radius 3 is 1.88 bits per heavy atom. The van der Waals surface area contributed by atoms with Crippen molar-refractivity contribution in [2.24, 2.45) is 5.92 Å². The van der Waals surface area contributed by atoms with Gasteiger partial charge in [-0.25, -0.2) is 4.79 Å². The van der Waals surface area contributed by atoms with Crippen molar-refractivity contribution in [3.05, 3.63) is 71.3 Å². The number of imide groups is 1. The molecule has 1 aliphatic rings. The minimum atomic E-state index is -0.620. The largest absolute Gasteiger partial charge is 0.340 e. The van der Waals surface area contributed by atoms with Crippen molar-refractivity contribution in [2.75, 3.05) is 0 Å². The molecular weight excluding hydrogens is 306 g/mol. The van der Waals surface area contributed by atoms with Gasteiger partial charge in [0.25, 0.3) is 11.8 Å². The Kier molecular flexibility index (Phi) is 4.16. The van der Waals surface area contributed by atoms with Crippen LogP contribution in [0.4, 0.5) is 0 Å². The van der Waals surface area contributed by atoms with E-state index in [9.17, 15) is 14.4 Å². The normalized spacial score (nSPS) is 14.7. The highest BCUT2D eigenvalue weighted by molar-refractivity contribution is 6.20. The Balaban J connectivity index is 1.84. The number of hydrogen-bond donors (Lipinski definition) is 0. The average molecular weight is 323 g/mol. The van der Waals surface area contributed by atoms with Crippen LogP contribution in [0.5, 0.6) is 0 Å². The van der Waals surface area contributed by atoms with E-state index in [1.807, 2.05) is 44.2 Å². The fourth-order valence-electron chi connectivity index (χ4n) is 2.85. The highest BCUT2D eigenvalue weighted by Gasteiger charge is 2.40. The number of rotatable bonds is 4. The van der Waals surface area contributed by atoms with E-state index in [1.54, 1.807) is 24.3 Å². The monoisotopic (exact) mass is 323 g/mol. The summed E-state index contributed by atoms with van der Waals surface area (Å²) in [7, 11) is 0. The second-order valence-corrected chi connectivity index (χ2v) is 5.99. The Hall–Kier alpha value is -2.95. The molecular formula is C19H17NO4. The standard InChI is InChI=1S/C19H17NO4/c1-12(2)16(13-8-4-3-5-9-13)19(23)24-20-17(21)14-10-6-7-11-15(14)18(20)22/h3-12,16H,1-2H3. The Bertz CT molecular complexity index is 763. The lowest BCUT2D eigenvalue weighted by molar-refractivity contribution is -0.171. The number of amides is 2. The van der Waals surface area contributed by atoms with Gasteiger partial charge in [0.1, 0.15) is 0 Å². The lowest BCUT2D eigenvalue weighted by atomic mass is 9.89. The number of fused-ring (bicyclic) bond motifs is 1. The molecule has 2 aromatic rings. The summed E-state index contributed by atoms with van der Waals surface area (Å²) in [6, 6.07) is 15.6. The first kappa shape index (κ1) is 15.9. The molecule has 0 bridgehead atoms. The van der Waals surface area contributed by atoms with Gasteiger partial charge < -0.3 is 4.84 Å². The van der Waals surface area contributed by atoms with Gasteiger partial charge >= 0.3 is 5.97 Å². The van der Waals surface area contributed by atoms with Crippen LogP contribution in [-0.4, -0.2) is 22.8 Å². The van der Waals surface area contributed by atoms with Gasteiger partial charge in [-0.05, 0) is 23.6 Å². The predicted molar refractivity (Wildman–Crippen MR) is 87.1 cm³/mol. The summed E-state index contributed by atoms with van der Waals surface area (Å²) >= 11 is 0. The molecule has 1 atom stereocenters. The van der Waals surface area contributed by atoms with Crippen molar-refractivity contribution >= 4 is 17.8 Å². The van der Waals surface area contributed by atoms with Gasteiger partial charge in [-0.1, -0.05) is 61.4 Å². The van der Waals surface area contributed by atoms with Gasteiger partial charge in [0.05, 0.1) is 17.0 Å². The first-order valence-electron chi connectivity index (χ1n) is 7.75. The molecule has 1 aliphatic heterocycles. The third-order valence-corrected chi connectivity index (χ3v) is 4.02. The quantitative estimate of drug-likeness (QED) is 0.811. The van der Waals surface area contributed by atoms with Gasteiger partial charge in [0.15, 0.2) is 0 Å². The lowest BCUT2D eigenvalue weighted by Crippen LogP contribution is -2.35. The number of carbonyl (C=O) groups excluding carboxylic acids is 3. The van der Waals surface area contributed by atoms with Crippen LogP contribution in [0, 0.1) is 5.92 Å². The molecule has 5 heteroatoms. The minimum Gasteiger partial charge on any atom is -0.329 e. The summed E-state index contributed by atoms with van der Waals surface area (Å²) in [4.78, 5) is 42.4. The summed E-state index contributed by atoms with van der Waals surface area (Å²) in [5, 5.41) is 0.561. The molecule has 24 heavy (non-hydrogen) atoms. The molecule has 2 amide bonds. The van der Waals surface area contributed by atoms with Crippen molar-refractivity contribution in [1.82, 2.24) is 5.06 Å². The van der Waals surface area contributed by atoms with Crippen LogP contribution < -0.4 is 0 Å². The van der Waals surface area contributed by atoms with Crippen LogP contribution in [0.25, 0.3) is 0 Å². The zero-order valence-corrected chi connectivity index (χ0v) is 13.4. The van der Waals surface area contributed by atoms with Crippen molar-refractivity contribution in [1.29, 1.82) is 0 Å². The number of benzene rings is 2. The van der Waals surface area contributed by atoms with Crippen LogP contribution in [0.2, 0.25) is 0 Å². The van der Waals surface area contributed by atoms with E-state index < -0.39 is 23.7 Å². The first-order chi connectivity index (χ1) is 11.5. The molecule has 0 N–H and O–H groups in total. The highest BCUT2D eigenvalue weighted by atomic mass is 16.7. The molecule has 0 saturated carbocycles. The molecule has 1 unspecified atom stereocenters. The molecule has 0 aromatic heterocycles. The molecule has 0 fully saturated rings. The van der Waals surface area contributed by atoms with Crippen LogP contribution in [-0.2, 0) is 9.63 Å². The second kappa shape index (κ2) is 6.28. The molecule has 0 radical (unpaired) electrons. The fraction of sp³-hybridized carbons (Fsp3) is 0.211. The Labute approximate surface area is 139 Å². The van der Waals surface area contributed by atoms with Crippen LogP contribution in [0.15, 0.2) is 54.6 Å². The number of hydroxylamine groups is 2. The summed E-state index contributed by atoms with van der Waals surface area (Å²) in [5.41, 5.74) is 1.28. The number of nitrogens with zero attached hydrogens (tertiary/aromatic N) is 1. The van der Waals surface area contributed by atoms with Gasteiger partial charge in [-0.2, -0.15) is 0 Å². The van der Waals surface area contributed by atoms with Gasteiger partial charge in [0, 0.05) is 0 Å². The van der Waals surface area contributed by atoms with E-state index in [0.29, 0.717) is 5.06 Å². The summed E-state index contributed by atoms with van der Waals surface area (Å²) in [6.45, 7) is 3.78. The second-order valence-electron chi connectivity index (χ2n) is 5.99. The molecule has 1 heterocycles. The maximum atomic E-state index is 12.6. The van der Waals surface area contributed by atoms with Gasteiger partial charge in [0.2, 0.25) is 0 Å². The van der Waals surface area contributed by atoms with Crippen molar-refractivity contribution in [3.8, 4) is 0 Å². The van der Waals surface area contributed by atoms with E-state index in [4.69, 9.17) is 4.84 Å². The molecule has 0 spiro atoms. The maximum Gasteiger partial charge on any atom is 0.340 e. The van der Waals surface area contributed by atoms with E-state index >= 15 is 0 Å². The van der Waals surface area contributed by atoms with Crippen LogP contribution in [0.1, 0.15) is 46.0 Å². The summed E-state index contributed by atoms with van der Waals surface area (Å²) in [5.74, 6) is -2.45. The van der Waals surface area contributed by atoms with E-state index in [-0.39, 0.29) is 17.0 Å². The van der Waals surface area contributed by atoms with E-state index in [0.717, 1.165) is 5.56 Å². The van der Waals surface area contributed by atoms with E-state index in [2.05, 4.69) is 0 Å². The fourth-order valence-corrected chi connectivity index (χ4v) is 2.85. The summed E-state index contributed by atoms with van der Waals surface area (Å²) in [6.07, 6.45) is 0. The zero-order chi connectivity index (χ0) is 17.3. The van der Waals surface area contributed by atoms with Gasteiger partial charge in [-0.15, -0.1) is 0 Å². The molecule has 3 rings (SSSR count). The topological polar surface area (TPSA) is 63.7 Å². The van der Waals surface area contributed by atoms with Gasteiger partial charge in [-0.3, -0.25) is 9.59 Å². The SMILES string of the molecule is CC(C)C(C(=O)ON1C(=O)c2ccccc2C1=O)c1ccccc1. The molecule has 2 aromatic carbocycles. The zero-order valence-electron chi connectivity index (χ0n) is 13.4. The lowest BCUT2D eigenvalue weighted by Gasteiger charge is -2.22. The Morgan fingerprint density at radius 1 is 0.875 bits per heavy atom. The Morgan fingerprint density at radius 2 is 1.38 bits per heavy atom. The smallest absolute Gasteiger partial charge is 0.329 e. The minimum absolute atomic E-state index is 0.0462. The van der Waals surface area contributed by atoms with E-state index in [1.165, 1.54) is 0 Å². The third-order valence-electron chi connectivity index (χ3n) is 4.02. The molecule has 0 aliphatic carbocycles. The highest BCUT2D eigenvalue weighted by Crippen LogP contribution is 2.28.